The highest BCUT2D eigenvalue weighted by atomic mass is 32.2. The highest BCUT2D eigenvalue weighted by Crippen LogP contribution is 2.40. The summed E-state index contributed by atoms with van der Waals surface area (Å²) in [4.78, 5) is 1.32. The minimum Gasteiger partial charge on any atom is -0.360 e. The predicted octanol–water partition coefficient (Wildman–Crippen LogP) is 5.21. The van der Waals surface area contributed by atoms with E-state index in [4.69, 9.17) is 4.52 Å². The van der Waals surface area contributed by atoms with Crippen LogP contribution in [0.15, 0.2) is 63.6 Å². The molecule has 5 rings (SSSR count). The maximum Gasteiger partial charge on any atom is 0.191 e. The van der Waals surface area contributed by atoms with Gasteiger partial charge in [0.15, 0.2) is 5.16 Å². The van der Waals surface area contributed by atoms with Gasteiger partial charge >= 0.3 is 0 Å². The largest absolute Gasteiger partial charge is 0.360 e. The average Bonchev–Trinajstić information content (AvgIpc) is 3.11. The minimum atomic E-state index is 0.548. The van der Waals surface area contributed by atoms with E-state index >= 15 is 0 Å². The summed E-state index contributed by atoms with van der Waals surface area (Å²) in [6.07, 6.45) is 3.27. The number of thiophene rings is 1. The Morgan fingerprint density at radius 2 is 2.00 bits per heavy atom. The van der Waals surface area contributed by atoms with Gasteiger partial charge in [0.1, 0.15) is 17.3 Å². The van der Waals surface area contributed by atoms with Crippen molar-refractivity contribution < 1.29 is 4.52 Å². The second-order valence-corrected chi connectivity index (χ2v) is 8.56. The molecule has 136 valence electrons. The number of nitrogens with zero attached hydrogens (tertiary/aromatic N) is 4. The quantitative estimate of drug-likeness (QED) is 0.403. The van der Waals surface area contributed by atoms with E-state index in [-0.39, 0.29) is 0 Å². The van der Waals surface area contributed by atoms with Gasteiger partial charge in [-0.2, -0.15) is 0 Å². The van der Waals surface area contributed by atoms with Crippen LogP contribution in [0, 0.1) is 0 Å². The van der Waals surface area contributed by atoms with Gasteiger partial charge in [0.2, 0.25) is 0 Å². The van der Waals surface area contributed by atoms with Gasteiger partial charge in [-0.3, -0.25) is 0 Å². The number of aromatic nitrogens is 4. The van der Waals surface area contributed by atoms with Gasteiger partial charge in [0.25, 0.3) is 0 Å². The molecule has 0 atom stereocenters. The summed E-state index contributed by atoms with van der Waals surface area (Å²) in [5, 5.41) is 16.2. The molecule has 0 unspecified atom stereocenters. The van der Waals surface area contributed by atoms with Crippen LogP contribution in [0.4, 0.5) is 0 Å². The number of hydrogen-bond acceptors (Lipinski definition) is 6. The summed E-state index contributed by atoms with van der Waals surface area (Å²) in [5.74, 6) is 2.61. The molecule has 1 aromatic carbocycles. The Balaban J connectivity index is 1.31. The molecule has 1 aliphatic carbocycles. The lowest BCUT2D eigenvalue weighted by molar-refractivity contribution is 0.397. The number of benzene rings is 1. The summed E-state index contributed by atoms with van der Waals surface area (Å²) in [6.45, 7) is 0. The van der Waals surface area contributed by atoms with Crippen molar-refractivity contribution in [2.45, 2.75) is 36.2 Å². The van der Waals surface area contributed by atoms with Crippen LogP contribution >= 0.6 is 23.1 Å². The Morgan fingerprint density at radius 1 is 1.11 bits per heavy atom. The van der Waals surface area contributed by atoms with E-state index in [2.05, 4.69) is 37.4 Å². The normalized spacial score (nSPS) is 13.9. The van der Waals surface area contributed by atoms with E-state index in [9.17, 15) is 0 Å². The van der Waals surface area contributed by atoms with Crippen LogP contribution in [0.5, 0.6) is 0 Å². The lowest BCUT2D eigenvalue weighted by atomic mass is 10.1. The lowest BCUT2D eigenvalue weighted by Crippen LogP contribution is -2.03. The topological polar surface area (TPSA) is 56.7 Å². The number of rotatable bonds is 7. The minimum absolute atomic E-state index is 0.548. The van der Waals surface area contributed by atoms with Gasteiger partial charge in [-0.15, -0.1) is 21.5 Å². The van der Waals surface area contributed by atoms with Crippen molar-refractivity contribution in [3.05, 3.63) is 70.4 Å². The smallest absolute Gasteiger partial charge is 0.191 e. The first-order chi connectivity index (χ1) is 13.4. The van der Waals surface area contributed by atoms with Gasteiger partial charge in [-0.25, -0.2) is 0 Å². The summed E-state index contributed by atoms with van der Waals surface area (Å²) in [5.41, 5.74) is 1.94. The zero-order valence-corrected chi connectivity index (χ0v) is 16.2. The summed E-state index contributed by atoms with van der Waals surface area (Å²) in [6, 6.07) is 16.9. The first-order valence-corrected chi connectivity index (χ1v) is 10.8. The Morgan fingerprint density at radius 3 is 2.78 bits per heavy atom. The molecule has 0 radical (unpaired) electrons. The second kappa shape index (κ2) is 7.32. The third-order valence-electron chi connectivity index (χ3n) is 4.53. The lowest BCUT2D eigenvalue weighted by Gasteiger charge is -2.07. The van der Waals surface area contributed by atoms with Crippen molar-refractivity contribution >= 4 is 23.1 Å². The van der Waals surface area contributed by atoms with E-state index < -0.39 is 0 Å². The van der Waals surface area contributed by atoms with Gasteiger partial charge in [0, 0.05) is 29.0 Å². The third-order valence-corrected chi connectivity index (χ3v) is 6.37. The molecule has 5 nitrogen and oxygen atoms in total. The Hall–Kier alpha value is -2.38. The van der Waals surface area contributed by atoms with Crippen LogP contribution in [-0.2, 0) is 12.2 Å². The fourth-order valence-corrected chi connectivity index (χ4v) is 4.66. The van der Waals surface area contributed by atoms with Gasteiger partial charge in [-0.1, -0.05) is 53.3 Å². The van der Waals surface area contributed by atoms with Crippen molar-refractivity contribution in [3.8, 4) is 11.3 Å². The van der Waals surface area contributed by atoms with Crippen molar-refractivity contribution in [3.63, 3.8) is 0 Å². The molecule has 0 saturated heterocycles. The van der Waals surface area contributed by atoms with Crippen molar-refractivity contribution in [2.24, 2.45) is 0 Å². The molecule has 0 spiro atoms. The zero-order valence-electron chi connectivity index (χ0n) is 14.6. The van der Waals surface area contributed by atoms with Crippen LogP contribution in [0.25, 0.3) is 11.3 Å². The van der Waals surface area contributed by atoms with Crippen LogP contribution in [0.1, 0.15) is 35.3 Å². The van der Waals surface area contributed by atoms with E-state index in [0.717, 1.165) is 34.4 Å². The molecule has 0 N–H and O–H groups in total. The van der Waals surface area contributed by atoms with E-state index in [1.54, 1.807) is 23.1 Å². The molecule has 1 fully saturated rings. The molecule has 7 heteroatoms. The summed E-state index contributed by atoms with van der Waals surface area (Å²) >= 11 is 3.44. The molecule has 3 aromatic heterocycles. The molecule has 0 aliphatic heterocycles. The van der Waals surface area contributed by atoms with Crippen molar-refractivity contribution in [1.29, 1.82) is 0 Å². The highest BCUT2D eigenvalue weighted by Gasteiger charge is 2.29. The van der Waals surface area contributed by atoms with E-state index in [0.29, 0.717) is 11.8 Å². The molecule has 1 aliphatic rings. The Kier molecular flexibility index (Phi) is 4.55. The fraction of sp³-hybridized carbons (Fsp3) is 0.250. The summed E-state index contributed by atoms with van der Waals surface area (Å²) < 4.78 is 7.84. The van der Waals surface area contributed by atoms with Crippen LogP contribution in [-0.4, -0.2) is 19.9 Å². The fourth-order valence-electron chi connectivity index (χ4n) is 3.06. The summed E-state index contributed by atoms with van der Waals surface area (Å²) in [7, 11) is 0. The second-order valence-electron chi connectivity index (χ2n) is 6.59. The van der Waals surface area contributed by atoms with Crippen molar-refractivity contribution in [1.82, 2.24) is 19.9 Å². The van der Waals surface area contributed by atoms with Gasteiger partial charge in [0.05, 0.1) is 5.75 Å². The molecule has 27 heavy (non-hydrogen) atoms. The van der Waals surface area contributed by atoms with Gasteiger partial charge in [-0.05, 0) is 24.3 Å². The molecule has 4 aromatic rings. The van der Waals surface area contributed by atoms with Crippen molar-refractivity contribution in [2.75, 3.05) is 0 Å². The average molecular weight is 395 g/mol. The van der Waals surface area contributed by atoms with E-state index in [1.165, 1.54) is 17.7 Å². The molecule has 1 saturated carbocycles. The molecule has 0 bridgehead atoms. The number of hydrogen-bond donors (Lipinski definition) is 0. The monoisotopic (exact) mass is 394 g/mol. The first kappa shape index (κ1) is 16.8. The molecular weight excluding hydrogens is 376 g/mol. The molecular formula is C20H18N4OS2. The van der Waals surface area contributed by atoms with Crippen LogP contribution in [0.2, 0.25) is 0 Å². The predicted molar refractivity (Wildman–Crippen MR) is 107 cm³/mol. The Labute approximate surface area is 165 Å². The maximum absolute atomic E-state index is 5.52. The van der Waals surface area contributed by atoms with Gasteiger partial charge < -0.3 is 9.09 Å². The van der Waals surface area contributed by atoms with Crippen LogP contribution < -0.4 is 0 Å². The Bertz CT molecular complexity index is 1020. The molecule has 0 amide bonds. The third kappa shape index (κ3) is 3.70. The molecule has 3 heterocycles. The number of thioether (sulfide) groups is 1. The first-order valence-electron chi connectivity index (χ1n) is 8.97. The van der Waals surface area contributed by atoms with Crippen LogP contribution in [0.3, 0.4) is 0 Å². The highest BCUT2D eigenvalue weighted by molar-refractivity contribution is 7.98. The van der Waals surface area contributed by atoms with E-state index in [1.807, 2.05) is 36.4 Å². The maximum atomic E-state index is 5.52. The SMILES string of the molecule is c1ccc(-c2cc(CSc3nnc(Cc4cccs4)n3C3CC3)on2)cc1. The standard InChI is InChI=1S/C20H18N4OS2/c1-2-5-14(6-3-1)18-11-16(25-23-18)13-27-20-22-21-19(24(20)15-8-9-15)12-17-7-4-10-26-17/h1-7,10-11,15H,8-9,12-13H2. The zero-order chi connectivity index (χ0) is 18.1.